The van der Waals surface area contributed by atoms with E-state index in [1.807, 2.05) is 58.9 Å². The van der Waals surface area contributed by atoms with Gasteiger partial charge in [0.2, 0.25) is 11.7 Å². The zero-order valence-electron chi connectivity index (χ0n) is 21.0. The van der Waals surface area contributed by atoms with Crippen LogP contribution in [0.5, 0.6) is 0 Å². The van der Waals surface area contributed by atoms with Crippen LogP contribution in [-0.2, 0) is 16.1 Å². The molecule has 0 aliphatic rings. The molecule has 1 atom stereocenters. The molecule has 0 saturated carbocycles. The number of furan rings is 1. The van der Waals surface area contributed by atoms with E-state index in [9.17, 15) is 9.59 Å². The number of hydrogen-bond donors (Lipinski definition) is 1. The summed E-state index contributed by atoms with van der Waals surface area (Å²) in [5, 5.41) is 15.4. The molecule has 0 unspecified atom stereocenters. The molecule has 36 heavy (non-hydrogen) atoms. The lowest BCUT2D eigenvalue weighted by Gasteiger charge is -2.34. The molecule has 3 aromatic heterocycles. The summed E-state index contributed by atoms with van der Waals surface area (Å²) in [5.74, 6) is 0.752. The zero-order chi connectivity index (χ0) is 25.9. The number of para-hydroxylation sites is 1. The van der Waals surface area contributed by atoms with Crippen molar-refractivity contribution in [3.8, 4) is 11.6 Å². The van der Waals surface area contributed by atoms with E-state index in [1.165, 1.54) is 9.70 Å². The Hall–Kier alpha value is -4.34. The summed E-state index contributed by atoms with van der Waals surface area (Å²) in [5.41, 5.74) is 1.57. The Bertz CT molecular complexity index is 1360. The third-order valence-corrected chi connectivity index (χ3v) is 5.36. The van der Waals surface area contributed by atoms with Gasteiger partial charge >= 0.3 is 0 Å². The maximum absolute atomic E-state index is 13.9. The molecule has 4 rings (SSSR count). The van der Waals surface area contributed by atoms with Crippen LogP contribution in [0.25, 0.3) is 11.6 Å². The second kappa shape index (κ2) is 10.1. The average Bonchev–Trinajstić information content (AvgIpc) is 3.46. The Morgan fingerprint density at radius 2 is 1.78 bits per heavy atom. The lowest BCUT2D eigenvalue weighted by molar-refractivity contribution is -0.128. The van der Waals surface area contributed by atoms with Crippen LogP contribution in [0, 0.1) is 13.8 Å². The standard InChI is InChI=1S/C26H29N7O3/c1-17-8-6-7-9-20(17)33(23(19-12-14-27-15-13-19)25(35)28-26(3,4)5)22(34)16-32-30-24(29-31-32)21-11-10-18(2)36-21/h6-15,23H,16H2,1-5H3,(H,28,35)/t23-/m1/s1. The number of hydrogen-bond acceptors (Lipinski definition) is 7. The van der Waals surface area contributed by atoms with Gasteiger partial charge in [-0.2, -0.15) is 4.80 Å². The number of tetrazole rings is 1. The topological polar surface area (TPSA) is 119 Å². The maximum Gasteiger partial charge on any atom is 0.251 e. The van der Waals surface area contributed by atoms with Crippen LogP contribution in [-0.4, -0.2) is 42.5 Å². The number of pyridine rings is 1. The van der Waals surface area contributed by atoms with E-state index < -0.39 is 11.6 Å². The molecule has 0 aliphatic heterocycles. The van der Waals surface area contributed by atoms with Crippen molar-refractivity contribution in [2.45, 2.75) is 52.7 Å². The first kappa shape index (κ1) is 24.8. The molecule has 0 spiro atoms. The Balaban J connectivity index is 1.74. The Kier molecular flexibility index (Phi) is 6.96. The summed E-state index contributed by atoms with van der Waals surface area (Å²) in [6.45, 7) is 9.17. The van der Waals surface area contributed by atoms with Gasteiger partial charge in [0.1, 0.15) is 18.3 Å². The molecule has 1 N–H and O–H groups in total. The van der Waals surface area contributed by atoms with E-state index in [-0.39, 0.29) is 24.2 Å². The van der Waals surface area contributed by atoms with E-state index in [4.69, 9.17) is 4.42 Å². The third-order valence-electron chi connectivity index (χ3n) is 5.36. The van der Waals surface area contributed by atoms with E-state index >= 15 is 0 Å². The second-order valence-corrected chi connectivity index (χ2v) is 9.53. The van der Waals surface area contributed by atoms with E-state index in [0.717, 1.165) is 5.56 Å². The van der Waals surface area contributed by atoms with Gasteiger partial charge < -0.3 is 9.73 Å². The number of nitrogens with zero attached hydrogens (tertiary/aromatic N) is 6. The number of amides is 2. The monoisotopic (exact) mass is 487 g/mol. The van der Waals surface area contributed by atoms with Gasteiger partial charge in [-0.15, -0.1) is 10.2 Å². The molecule has 4 aromatic rings. The summed E-state index contributed by atoms with van der Waals surface area (Å²) in [6, 6.07) is 13.5. The van der Waals surface area contributed by atoms with Gasteiger partial charge in [-0.3, -0.25) is 19.5 Å². The lowest BCUT2D eigenvalue weighted by atomic mass is 10.0. The van der Waals surface area contributed by atoms with E-state index in [1.54, 1.807) is 36.7 Å². The zero-order valence-corrected chi connectivity index (χ0v) is 21.0. The highest BCUT2D eigenvalue weighted by Crippen LogP contribution is 2.31. The smallest absolute Gasteiger partial charge is 0.251 e. The fourth-order valence-electron chi connectivity index (χ4n) is 3.81. The molecular weight excluding hydrogens is 458 g/mol. The first-order chi connectivity index (χ1) is 17.1. The van der Waals surface area contributed by atoms with Crippen molar-refractivity contribution in [2.24, 2.45) is 0 Å². The average molecular weight is 488 g/mol. The lowest BCUT2D eigenvalue weighted by Crippen LogP contribution is -2.50. The molecule has 3 heterocycles. The Morgan fingerprint density at radius 3 is 2.42 bits per heavy atom. The minimum Gasteiger partial charge on any atom is -0.458 e. The SMILES string of the molecule is Cc1ccc(-c2nnn(CC(=O)N(c3ccccc3C)[C@@H](C(=O)NC(C)(C)C)c3ccncc3)n2)o1. The van der Waals surface area contributed by atoms with E-state index in [0.29, 0.717) is 22.8 Å². The van der Waals surface area contributed by atoms with Gasteiger partial charge in [0.25, 0.3) is 5.91 Å². The largest absolute Gasteiger partial charge is 0.458 e. The Morgan fingerprint density at radius 1 is 1.06 bits per heavy atom. The molecule has 10 heteroatoms. The van der Waals surface area contributed by atoms with Crippen LogP contribution in [0.15, 0.2) is 65.3 Å². The number of benzene rings is 1. The summed E-state index contributed by atoms with van der Waals surface area (Å²) >= 11 is 0. The van der Waals surface area contributed by atoms with Gasteiger partial charge in [-0.25, -0.2) is 0 Å². The normalized spacial score (nSPS) is 12.2. The van der Waals surface area contributed by atoms with Crippen molar-refractivity contribution in [2.75, 3.05) is 4.90 Å². The van der Waals surface area contributed by atoms with Crippen LogP contribution in [0.2, 0.25) is 0 Å². The number of anilines is 1. The fraction of sp³-hybridized carbons (Fsp3) is 0.308. The molecule has 0 fully saturated rings. The first-order valence-electron chi connectivity index (χ1n) is 11.6. The summed E-state index contributed by atoms with van der Waals surface area (Å²) in [7, 11) is 0. The maximum atomic E-state index is 13.9. The van der Waals surface area contributed by atoms with Crippen LogP contribution < -0.4 is 10.2 Å². The molecule has 0 aliphatic carbocycles. The number of rotatable bonds is 7. The van der Waals surface area contributed by atoms with Crippen molar-refractivity contribution in [3.05, 3.63) is 77.8 Å². The summed E-state index contributed by atoms with van der Waals surface area (Å²) in [6.07, 6.45) is 3.20. The van der Waals surface area contributed by atoms with E-state index in [2.05, 4.69) is 25.7 Å². The summed E-state index contributed by atoms with van der Waals surface area (Å²) in [4.78, 5) is 34.3. The van der Waals surface area contributed by atoms with Crippen molar-refractivity contribution in [1.29, 1.82) is 0 Å². The van der Waals surface area contributed by atoms with Gasteiger partial charge in [-0.05, 0) is 81.3 Å². The predicted octanol–water partition coefficient (Wildman–Crippen LogP) is 3.63. The molecule has 0 radical (unpaired) electrons. The number of aryl methyl sites for hydroxylation is 2. The first-order valence-corrected chi connectivity index (χ1v) is 11.6. The van der Waals surface area contributed by atoms with Crippen molar-refractivity contribution in [3.63, 3.8) is 0 Å². The number of carbonyl (C=O) groups excluding carboxylic acids is 2. The highest BCUT2D eigenvalue weighted by Gasteiger charge is 2.35. The minimum absolute atomic E-state index is 0.231. The van der Waals surface area contributed by atoms with Crippen molar-refractivity contribution in [1.82, 2.24) is 30.5 Å². The van der Waals surface area contributed by atoms with Crippen LogP contribution in [0.4, 0.5) is 5.69 Å². The number of nitrogens with one attached hydrogen (secondary N) is 1. The molecule has 1 aromatic carbocycles. The molecular formula is C26H29N7O3. The predicted molar refractivity (Wildman–Crippen MR) is 134 cm³/mol. The molecule has 0 saturated heterocycles. The molecule has 2 amide bonds. The van der Waals surface area contributed by atoms with Crippen LogP contribution >= 0.6 is 0 Å². The number of carbonyl (C=O) groups is 2. The Labute approximate surface area is 209 Å². The fourth-order valence-corrected chi connectivity index (χ4v) is 3.81. The van der Waals surface area contributed by atoms with Crippen molar-refractivity contribution < 1.29 is 14.0 Å². The van der Waals surface area contributed by atoms with Crippen LogP contribution in [0.1, 0.15) is 43.7 Å². The van der Waals surface area contributed by atoms with Crippen LogP contribution in [0.3, 0.4) is 0 Å². The van der Waals surface area contributed by atoms with Gasteiger partial charge in [0.05, 0.1) is 0 Å². The number of aromatic nitrogens is 5. The molecule has 186 valence electrons. The summed E-state index contributed by atoms with van der Waals surface area (Å²) < 4.78 is 5.56. The highest BCUT2D eigenvalue weighted by molar-refractivity contribution is 6.01. The quantitative estimate of drug-likeness (QED) is 0.423. The van der Waals surface area contributed by atoms with Gasteiger partial charge in [-0.1, -0.05) is 18.2 Å². The minimum atomic E-state index is -0.948. The van der Waals surface area contributed by atoms with Crippen molar-refractivity contribution >= 4 is 17.5 Å². The highest BCUT2D eigenvalue weighted by atomic mass is 16.3. The molecule has 10 nitrogen and oxygen atoms in total. The second-order valence-electron chi connectivity index (χ2n) is 9.53. The van der Waals surface area contributed by atoms with Gasteiger partial charge in [0, 0.05) is 23.6 Å². The third kappa shape index (κ3) is 5.65. The molecule has 0 bridgehead atoms. The van der Waals surface area contributed by atoms with Gasteiger partial charge in [0.15, 0.2) is 5.76 Å².